The first-order valence-electron chi connectivity index (χ1n) is 21.1. The number of rotatable bonds is 7. The Labute approximate surface area is 340 Å². The fraction of sp³-hybridized carbons (Fsp3) is 0.884. The second-order valence-electron chi connectivity index (χ2n) is 20.4. The Hall–Kier alpha value is -2.05. The number of ketones is 1. The topological polar surface area (TPSA) is 228 Å². The second kappa shape index (κ2) is 15.1. The number of ether oxygens (including phenoxy) is 6. The molecule has 2 saturated heterocycles. The highest BCUT2D eigenvalue weighted by atomic mass is 16.8. The van der Waals surface area contributed by atoms with Crippen molar-refractivity contribution in [1.82, 2.24) is 0 Å². The van der Waals surface area contributed by atoms with Crippen LogP contribution in [0.5, 0.6) is 0 Å². The van der Waals surface area contributed by atoms with E-state index in [9.17, 15) is 45.0 Å². The van der Waals surface area contributed by atoms with E-state index in [0.717, 1.165) is 32.8 Å². The minimum Gasteiger partial charge on any atom is -0.469 e. The number of aliphatic hydroxyl groups is 6. The average Bonchev–Trinajstić information content (AvgIpc) is 3.19. The van der Waals surface area contributed by atoms with E-state index in [0.29, 0.717) is 32.1 Å². The van der Waals surface area contributed by atoms with Gasteiger partial charge in [0.05, 0.1) is 39.0 Å². The zero-order valence-electron chi connectivity index (χ0n) is 35.2. The Balaban J connectivity index is 1.19. The predicted octanol–water partition coefficient (Wildman–Crippen LogP) is 1.94. The van der Waals surface area contributed by atoms with E-state index in [1.807, 2.05) is 19.9 Å². The third-order valence-electron chi connectivity index (χ3n) is 17.4. The molecular formula is C43H66O15. The van der Waals surface area contributed by atoms with E-state index in [4.69, 9.17) is 28.4 Å². The zero-order valence-corrected chi connectivity index (χ0v) is 35.2. The third kappa shape index (κ3) is 6.38. The molecule has 0 bridgehead atoms. The quantitative estimate of drug-likeness (QED) is 0.159. The lowest BCUT2D eigenvalue weighted by Crippen LogP contribution is -2.68. The fourth-order valence-electron chi connectivity index (χ4n) is 13.5. The molecule has 5 aliphatic carbocycles. The number of carbonyl (C=O) groups is 3. The summed E-state index contributed by atoms with van der Waals surface area (Å²) in [5.41, 5.74) is -1.75. The summed E-state index contributed by atoms with van der Waals surface area (Å²) in [5.74, 6) is -1.62. The molecule has 0 amide bonds. The van der Waals surface area contributed by atoms with Crippen molar-refractivity contribution in [3.63, 3.8) is 0 Å². The van der Waals surface area contributed by atoms with Crippen LogP contribution in [-0.4, -0.2) is 137 Å². The summed E-state index contributed by atoms with van der Waals surface area (Å²) in [6, 6.07) is 0. The molecule has 6 N–H and O–H groups in total. The van der Waals surface area contributed by atoms with E-state index >= 15 is 0 Å². The highest BCUT2D eigenvalue weighted by Crippen LogP contribution is 2.75. The largest absolute Gasteiger partial charge is 0.469 e. The molecule has 0 spiro atoms. The highest BCUT2D eigenvalue weighted by molar-refractivity contribution is 5.95. The number of hydrogen-bond donors (Lipinski definition) is 6. The maximum Gasteiger partial charge on any atom is 0.337 e. The van der Waals surface area contributed by atoms with Crippen LogP contribution in [0.1, 0.15) is 99.3 Å². The van der Waals surface area contributed by atoms with Crippen molar-refractivity contribution >= 4 is 17.7 Å². The Morgan fingerprint density at radius 2 is 1.50 bits per heavy atom. The van der Waals surface area contributed by atoms with Gasteiger partial charge in [-0.25, -0.2) is 4.79 Å². The summed E-state index contributed by atoms with van der Waals surface area (Å²) in [7, 11) is 2.55. The number of methoxy groups -OCH3 is 2. The Kier molecular flexibility index (Phi) is 11.5. The van der Waals surface area contributed by atoms with Crippen molar-refractivity contribution in [2.75, 3.05) is 27.4 Å². The van der Waals surface area contributed by atoms with Crippen molar-refractivity contribution in [2.45, 2.75) is 161 Å². The van der Waals surface area contributed by atoms with E-state index in [2.05, 4.69) is 27.7 Å². The Bertz CT molecular complexity index is 1650. The molecule has 7 rings (SSSR count). The van der Waals surface area contributed by atoms with Gasteiger partial charge in [-0.3, -0.25) is 9.59 Å². The van der Waals surface area contributed by atoms with Crippen LogP contribution in [0.2, 0.25) is 0 Å². The van der Waals surface area contributed by atoms with Crippen LogP contribution in [0.15, 0.2) is 11.6 Å². The lowest BCUT2D eigenvalue weighted by Gasteiger charge is -2.70. The predicted molar refractivity (Wildman–Crippen MR) is 203 cm³/mol. The van der Waals surface area contributed by atoms with Crippen molar-refractivity contribution in [2.24, 2.45) is 50.2 Å². The van der Waals surface area contributed by atoms with Gasteiger partial charge in [-0.05, 0) is 104 Å². The fourth-order valence-corrected chi connectivity index (χ4v) is 13.5. The molecule has 6 fully saturated rings. The Morgan fingerprint density at radius 1 is 0.810 bits per heavy atom. The summed E-state index contributed by atoms with van der Waals surface area (Å²) in [6.07, 6.45) is -7.12. The van der Waals surface area contributed by atoms with Crippen molar-refractivity contribution in [3.05, 3.63) is 11.6 Å². The minimum absolute atomic E-state index is 0.0319. The average molecular weight is 823 g/mol. The maximum atomic E-state index is 15.0. The number of aliphatic hydroxyl groups excluding tert-OH is 6. The molecule has 19 atom stereocenters. The van der Waals surface area contributed by atoms with Gasteiger partial charge >= 0.3 is 11.9 Å². The third-order valence-corrected chi connectivity index (χ3v) is 17.4. The van der Waals surface area contributed by atoms with E-state index in [1.165, 1.54) is 12.7 Å². The molecule has 0 aromatic heterocycles. The van der Waals surface area contributed by atoms with Gasteiger partial charge in [-0.2, -0.15) is 0 Å². The molecule has 2 aliphatic heterocycles. The van der Waals surface area contributed by atoms with Gasteiger partial charge < -0.3 is 59.1 Å². The summed E-state index contributed by atoms with van der Waals surface area (Å²) in [5, 5.41) is 64.7. The highest BCUT2D eigenvalue weighted by Gasteiger charge is 2.71. The van der Waals surface area contributed by atoms with Gasteiger partial charge in [0.25, 0.3) is 0 Å². The van der Waals surface area contributed by atoms with Crippen molar-refractivity contribution in [3.8, 4) is 0 Å². The number of esters is 2. The van der Waals surface area contributed by atoms with Gasteiger partial charge in [0.1, 0.15) is 36.6 Å². The standard InChI is InChI=1S/C43H66O15/c1-38-13-14-39(2,37(52)54-8)18-22(38)21-17-23(45)33-40(3)11-10-26(41(4,20-44)25(40)9-12-43(33,6)42(21,5)16-15-38)56-36-32(29(49)28(48)31(57-36)34(51)53-7)58-35-30(50)27(47)24(46)19-55-35/h17,22,24-33,35-36,44,46-50H,9-16,18-20H2,1-8H3/t22-,24-,25+,26-,27-,28-,29-,30+,31-,32+,33+,35-,36+,38+,39-,40-,41+,42+,43+/m0/s1. The van der Waals surface area contributed by atoms with Crippen molar-refractivity contribution in [1.29, 1.82) is 0 Å². The molecule has 4 saturated carbocycles. The molecule has 328 valence electrons. The van der Waals surface area contributed by atoms with Crippen LogP contribution < -0.4 is 0 Å². The van der Waals surface area contributed by atoms with Crippen LogP contribution in [0.3, 0.4) is 0 Å². The van der Waals surface area contributed by atoms with Gasteiger partial charge in [-0.15, -0.1) is 0 Å². The number of hydrogen-bond acceptors (Lipinski definition) is 15. The number of carbonyl (C=O) groups excluding carboxylic acids is 3. The first-order valence-corrected chi connectivity index (χ1v) is 21.1. The maximum absolute atomic E-state index is 15.0. The monoisotopic (exact) mass is 822 g/mol. The summed E-state index contributed by atoms with van der Waals surface area (Å²) in [4.78, 5) is 40.8. The SMILES string of the molecule is COC(=O)[C@H]1O[C@@H](O[C@H]2CC[C@@]3(C)[C@@H](CC[C@]4(C)[C@@H]3C(=O)C=C3[C@@H]5C[C@@](C)(C(=O)OC)CC[C@]5(C)CC[C@]34C)[C@@]2(C)CO)[C@H](O[C@@H]2OC[C@H](O)[C@H](O)[C@H]2O)[C@@H](O)[C@@H]1O. The van der Waals surface area contributed by atoms with Gasteiger partial charge in [-0.1, -0.05) is 40.2 Å². The Morgan fingerprint density at radius 3 is 2.16 bits per heavy atom. The van der Waals surface area contributed by atoms with Crippen LogP contribution in [0.25, 0.3) is 0 Å². The minimum atomic E-state index is -1.83. The molecule has 0 aromatic carbocycles. The normalized spacial score (nSPS) is 52.9. The van der Waals surface area contributed by atoms with Gasteiger partial charge in [0.2, 0.25) is 0 Å². The summed E-state index contributed by atoms with van der Waals surface area (Å²) >= 11 is 0. The lowest BCUT2D eigenvalue weighted by molar-refractivity contribution is -0.367. The van der Waals surface area contributed by atoms with Crippen LogP contribution in [-0.2, 0) is 42.8 Å². The lowest BCUT2D eigenvalue weighted by atomic mass is 9.33. The molecule has 15 nitrogen and oxygen atoms in total. The van der Waals surface area contributed by atoms with Gasteiger partial charge in [0.15, 0.2) is 24.5 Å². The van der Waals surface area contributed by atoms with Crippen LogP contribution >= 0.6 is 0 Å². The molecule has 15 heteroatoms. The molecule has 2 heterocycles. The molecular weight excluding hydrogens is 756 g/mol. The smallest absolute Gasteiger partial charge is 0.337 e. The summed E-state index contributed by atoms with van der Waals surface area (Å²) in [6.45, 7) is 12.3. The van der Waals surface area contributed by atoms with Crippen LogP contribution in [0, 0.1) is 50.2 Å². The second-order valence-corrected chi connectivity index (χ2v) is 20.4. The van der Waals surface area contributed by atoms with Crippen LogP contribution in [0.4, 0.5) is 0 Å². The van der Waals surface area contributed by atoms with Gasteiger partial charge in [0, 0.05) is 11.3 Å². The van der Waals surface area contributed by atoms with E-state index in [1.54, 1.807) is 0 Å². The molecule has 7 aliphatic rings. The molecule has 0 aromatic rings. The molecule has 0 radical (unpaired) electrons. The first kappa shape index (κ1) is 44.0. The first-order chi connectivity index (χ1) is 27.1. The molecule has 58 heavy (non-hydrogen) atoms. The number of allylic oxidation sites excluding steroid dienone is 2. The van der Waals surface area contributed by atoms with Crippen molar-refractivity contribution < 1.29 is 73.4 Å². The summed E-state index contributed by atoms with van der Waals surface area (Å²) < 4.78 is 34.1. The molecule has 0 unspecified atom stereocenters. The number of fused-ring (bicyclic) bond motifs is 7. The van der Waals surface area contributed by atoms with E-state index in [-0.39, 0.29) is 46.9 Å². The van der Waals surface area contributed by atoms with E-state index < -0.39 is 95.6 Å². The zero-order chi connectivity index (χ0) is 42.5.